The van der Waals surface area contributed by atoms with Gasteiger partial charge in [-0.3, -0.25) is 24.1 Å². The normalized spacial score (nSPS) is 25.7. The van der Waals surface area contributed by atoms with Crippen molar-refractivity contribution in [1.82, 2.24) is 25.2 Å². The third kappa shape index (κ3) is 7.67. The number of pyridine rings is 1. The smallest absolute Gasteiger partial charge is 0.408 e. The number of nitrogens with one attached hydrogen (secondary N) is 3. The molecule has 6 rings (SSSR count). The maximum Gasteiger partial charge on any atom is 0.408 e. The zero-order chi connectivity index (χ0) is 35.8. The summed E-state index contributed by atoms with van der Waals surface area (Å²) in [5.41, 5.74) is -0.967. The maximum absolute atomic E-state index is 14.4. The van der Waals surface area contributed by atoms with Gasteiger partial charge in [0.05, 0.1) is 30.0 Å². The molecule has 4 fully saturated rings. The molecule has 0 aromatic carbocycles. The SMILES string of the molecule is C=CC1CC1(NC(=O)C1CC(Oc2ccnc(-c3ccoc3)c2)CN1C(=O)C(NC(=O)OC1CCCC1)C(C)(C)C)C(=O)NS(=O)(=O)C1CC1. The molecule has 2 aromatic rings. The molecule has 3 heterocycles. The monoisotopic (exact) mass is 711 g/mol. The highest BCUT2D eigenvalue weighted by Crippen LogP contribution is 2.45. The summed E-state index contributed by atoms with van der Waals surface area (Å²) in [6, 6.07) is 2.97. The number of furan rings is 1. The number of aromatic nitrogens is 1. The van der Waals surface area contributed by atoms with E-state index < -0.39 is 74.1 Å². The van der Waals surface area contributed by atoms with Gasteiger partial charge in [0, 0.05) is 30.2 Å². The molecule has 270 valence electrons. The van der Waals surface area contributed by atoms with Crippen LogP contribution in [0.3, 0.4) is 0 Å². The number of likely N-dealkylation sites (tertiary alicyclic amines) is 1. The number of nitrogens with zero attached hydrogens (tertiary/aromatic N) is 2. The lowest BCUT2D eigenvalue weighted by Gasteiger charge is -2.35. The molecular weight excluding hydrogens is 666 g/mol. The molecule has 2 aromatic heterocycles. The van der Waals surface area contributed by atoms with Crippen molar-refractivity contribution < 1.29 is 41.5 Å². The largest absolute Gasteiger partial charge is 0.488 e. The number of carbonyl (C=O) groups is 4. The van der Waals surface area contributed by atoms with Crippen molar-refractivity contribution in [2.75, 3.05) is 6.54 Å². The van der Waals surface area contributed by atoms with E-state index in [0.717, 1.165) is 31.2 Å². The second-order valence-electron chi connectivity index (χ2n) is 14.8. The van der Waals surface area contributed by atoms with Crippen molar-refractivity contribution in [3.8, 4) is 17.0 Å². The van der Waals surface area contributed by atoms with Gasteiger partial charge in [0.2, 0.25) is 21.8 Å². The predicted octanol–water partition coefficient (Wildman–Crippen LogP) is 3.44. The van der Waals surface area contributed by atoms with Crippen molar-refractivity contribution in [2.45, 2.75) is 107 Å². The first-order valence-corrected chi connectivity index (χ1v) is 18.7. The van der Waals surface area contributed by atoms with Gasteiger partial charge in [-0.15, -0.1) is 6.58 Å². The van der Waals surface area contributed by atoms with Gasteiger partial charge < -0.3 is 29.4 Å². The molecule has 0 spiro atoms. The summed E-state index contributed by atoms with van der Waals surface area (Å²) in [6.07, 6.45) is 9.17. The maximum atomic E-state index is 14.4. The van der Waals surface area contributed by atoms with Crippen LogP contribution in [0.15, 0.2) is 54.0 Å². The lowest BCUT2D eigenvalue weighted by atomic mass is 9.85. The molecule has 4 aliphatic rings. The van der Waals surface area contributed by atoms with Crippen molar-refractivity contribution >= 4 is 33.8 Å². The highest BCUT2D eigenvalue weighted by atomic mass is 32.2. The van der Waals surface area contributed by atoms with E-state index >= 15 is 0 Å². The van der Waals surface area contributed by atoms with Crippen LogP contribution in [-0.2, 0) is 29.1 Å². The minimum atomic E-state index is -3.88. The average molecular weight is 712 g/mol. The zero-order valence-electron chi connectivity index (χ0n) is 28.6. The summed E-state index contributed by atoms with van der Waals surface area (Å²) in [7, 11) is -3.88. The first kappa shape index (κ1) is 35.4. The van der Waals surface area contributed by atoms with E-state index in [2.05, 4.69) is 26.9 Å². The van der Waals surface area contributed by atoms with E-state index in [1.165, 1.54) is 17.2 Å². The fourth-order valence-corrected chi connectivity index (χ4v) is 8.13. The van der Waals surface area contributed by atoms with E-state index in [4.69, 9.17) is 13.9 Å². The van der Waals surface area contributed by atoms with Gasteiger partial charge in [-0.05, 0) is 62.5 Å². The number of alkyl carbamates (subject to hydrolysis) is 1. The zero-order valence-corrected chi connectivity index (χ0v) is 29.4. The second kappa shape index (κ2) is 13.7. The molecule has 50 heavy (non-hydrogen) atoms. The van der Waals surface area contributed by atoms with Crippen LogP contribution in [0.25, 0.3) is 11.3 Å². The van der Waals surface area contributed by atoms with Gasteiger partial charge >= 0.3 is 6.09 Å². The highest BCUT2D eigenvalue weighted by molar-refractivity contribution is 7.91. The van der Waals surface area contributed by atoms with Crippen molar-refractivity contribution in [1.29, 1.82) is 0 Å². The van der Waals surface area contributed by atoms with Crippen LogP contribution in [0.5, 0.6) is 5.75 Å². The average Bonchev–Trinajstić information content (AvgIpc) is 3.81. The van der Waals surface area contributed by atoms with Crippen LogP contribution < -0.4 is 20.1 Å². The number of hydrogen-bond acceptors (Lipinski definition) is 10. The summed E-state index contributed by atoms with van der Waals surface area (Å²) in [5.74, 6) is -2.06. The molecule has 1 aliphatic heterocycles. The van der Waals surface area contributed by atoms with Gasteiger partial charge in [0.25, 0.3) is 5.91 Å². The molecule has 0 bridgehead atoms. The number of ether oxygens (including phenoxy) is 2. The van der Waals surface area contributed by atoms with Crippen LogP contribution in [-0.4, -0.2) is 83.7 Å². The van der Waals surface area contributed by atoms with E-state index in [1.807, 2.05) is 0 Å². The second-order valence-corrected chi connectivity index (χ2v) is 16.8. The van der Waals surface area contributed by atoms with Gasteiger partial charge in [-0.2, -0.15) is 0 Å². The Labute approximate surface area is 291 Å². The minimum Gasteiger partial charge on any atom is -0.488 e. The third-order valence-corrected chi connectivity index (χ3v) is 11.7. The van der Waals surface area contributed by atoms with E-state index in [9.17, 15) is 27.6 Å². The number of carbonyl (C=O) groups excluding carboxylic acids is 4. The Morgan fingerprint density at radius 1 is 1.12 bits per heavy atom. The molecule has 3 aliphatic carbocycles. The Morgan fingerprint density at radius 3 is 2.48 bits per heavy atom. The molecule has 3 saturated carbocycles. The number of hydrogen-bond donors (Lipinski definition) is 3. The Hall–Kier alpha value is -4.40. The summed E-state index contributed by atoms with van der Waals surface area (Å²) in [5, 5.41) is 4.91. The first-order valence-electron chi connectivity index (χ1n) is 17.1. The molecule has 5 atom stereocenters. The van der Waals surface area contributed by atoms with Crippen LogP contribution in [0.1, 0.15) is 72.1 Å². The lowest BCUT2D eigenvalue weighted by Crippen LogP contribution is -2.60. The Bertz CT molecular complexity index is 1730. The lowest BCUT2D eigenvalue weighted by molar-refractivity contribution is -0.143. The Morgan fingerprint density at radius 2 is 1.86 bits per heavy atom. The van der Waals surface area contributed by atoms with E-state index in [1.54, 1.807) is 51.4 Å². The third-order valence-electron chi connectivity index (χ3n) is 9.90. The predicted molar refractivity (Wildman–Crippen MR) is 181 cm³/mol. The number of rotatable bonds is 12. The van der Waals surface area contributed by atoms with Crippen molar-refractivity contribution in [3.63, 3.8) is 0 Å². The first-order chi connectivity index (χ1) is 23.7. The van der Waals surface area contributed by atoms with Crippen LogP contribution in [0.2, 0.25) is 0 Å². The highest BCUT2D eigenvalue weighted by Gasteiger charge is 2.62. The molecule has 0 radical (unpaired) electrons. The van der Waals surface area contributed by atoms with Crippen molar-refractivity contribution in [3.05, 3.63) is 49.6 Å². The summed E-state index contributed by atoms with van der Waals surface area (Å²) in [4.78, 5) is 60.7. The quantitative estimate of drug-likeness (QED) is 0.276. The van der Waals surface area contributed by atoms with Crippen LogP contribution in [0.4, 0.5) is 4.79 Å². The van der Waals surface area contributed by atoms with Gasteiger partial charge in [-0.1, -0.05) is 26.8 Å². The summed E-state index contributed by atoms with van der Waals surface area (Å²) >= 11 is 0. The molecular formula is C35H45N5O9S. The molecule has 4 amide bonds. The standard InChI is InChI=1S/C35H45N5O9S/c1-5-22-18-35(22,32(43)39-50(45,46)26-10-11-26)38-30(41)28-17-25(48-24-12-14-36-27(16-24)21-13-15-47-20-21)19-40(28)31(42)29(34(2,3)4)37-33(44)49-23-8-6-7-9-23/h5,12-16,20,22-23,25-26,28-29H,1,6-11,17-19H2,2-4H3,(H,37,44)(H,38,41)(H,39,43). The molecule has 14 nitrogen and oxygen atoms in total. The topological polar surface area (TPSA) is 186 Å². The number of sulfonamides is 1. The van der Waals surface area contributed by atoms with Crippen molar-refractivity contribution in [2.24, 2.45) is 11.3 Å². The minimum absolute atomic E-state index is 0.00758. The summed E-state index contributed by atoms with van der Waals surface area (Å²) in [6.45, 7) is 9.16. The number of amides is 4. The van der Waals surface area contributed by atoms with Gasteiger partial charge in [-0.25, -0.2) is 13.2 Å². The Balaban J connectivity index is 1.24. The fourth-order valence-electron chi connectivity index (χ4n) is 6.76. The van der Waals surface area contributed by atoms with E-state index in [0.29, 0.717) is 24.3 Å². The van der Waals surface area contributed by atoms with E-state index in [-0.39, 0.29) is 25.5 Å². The van der Waals surface area contributed by atoms with Crippen LogP contribution in [0, 0.1) is 11.3 Å². The summed E-state index contributed by atoms with van der Waals surface area (Å²) < 4.78 is 44.5. The molecule has 1 saturated heterocycles. The molecule has 5 unspecified atom stereocenters. The molecule has 15 heteroatoms. The van der Waals surface area contributed by atoms with Gasteiger partial charge in [0.15, 0.2) is 0 Å². The fraction of sp³-hybridized carbons (Fsp3) is 0.571. The Kier molecular flexibility index (Phi) is 9.72. The van der Waals surface area contributed by atoms with Crippen LogP contribution >= 0.6 is 0 Å². The molecule has 3 N–H and O–H groups in total. The van der Waals surface area contributed by atoms with Gasteiger partial charge in [0.1, 0.15) is 35.6 Å².